The second kappa shape index (κ2) is 6.88. The summed E-state index contributed by atoms with van der Waals surface area (Å²) in [7, 11) is 4.20. The molecule has 0 fully saturated rings. The molecule has 0 aromatic heterocycles. The summed E-state index contributed by atoms with van der Waals surface area (Å²) in [6.07, 6.45) is 1.21. The van der Waals surface area contributed by atoms with Crippen LogP contribution in [-0.4, -0.2) is 36.4 Å². The third-order valence-electron chi connectivity index (χ3n) is 2.12. The first-order valence-electron chi connectivity index (χ1n) is 5.19. The van der Waals surface area contributed by atoms with Gasteiger partial charge in [-0.1, -0.05) is 12.1 Å². The maximum atomic E-state index is 8.89. The third-order valence-corrected chi connectivity index (χ3v) is 3.22. The Bertz CT molecular complexity index is 271. The number of thioether (sulfide) groups is 1. The molecule has 0 aliphatic carbocycles. The van der Waals surface area contributed by atoms with Gasteiger partial charge in [0.05, 0.1) is 6.61 Å². The Morgan fingerprint density at radius 3 is 2.40 bits per heavy atom. The Kier molecular flexibility index (Phi) is 5.76. The molecule has 1 rings (SSSR count). The highest BCUT2D eigenvalue weighted by molar-refractivity contribution is 7.99. The Morgan fingerprint density at radius 2 is 1.87 bits per heavy atom. The van der Waals surface area contributed by atoms with E-state index in [1.54, 1.807) is 0 Å². The molecule has 0 amide bonds. The van der Waals surface area contributed by atoms with Gasteiger partial charge in [-0.25, -0.2) is 0 Å². The van der Waals surface area contributed by atoms with Crippen LogP contribution < -0.4 is 0 Å². The average Bonchev–Trinajstić information content (AvgIpc) is 2.25. The molecular weight excluding hydrogens is 206 g/mol. The zero-order valence-corrected chi connectivity index (χ0v) is 10.3. The lowest BCUT2D eigenvalue weighted by atomic mass is 10.2. The Labute approximate surface area is 96.3 Å². The van der Waals surface area contributed by atoms with Crippen LogP contribution in [0.25, 0.3) is 0 Å². The fraction of sp³-hybridized carbons (Fsp3) is 0.500. The molecule has 0 bridgehead atoms. The van der Waals surface area contributed by atoms with Gasteiger partial charge in [-0.05, 0) is 50.5 Å². The Balaban J connectivity index is 2.25. The van der Waals surface area contributed by atoms with E-state index in [2.05, 4.69) is 31.1 Å². The van der Waals surface area contributed by atoms with Gasteiger partial charge < -0.3 is 10.0 Å². The smallest absolute Gasteiger partial charge is 0.0681 e. The lowest BCUT2D eigenvalue weighted by molar-refractivity contribution is 0.282. The van der Waals surface area contributed by atoms with E-state index in [-0.39, 0.29) is 6.61 Å². The van der Waals surface area contributed by atoms with Gasteiger partial charge in [-0.15, -0.1) is 11.8 Å². The van der Waals surface area contributed by atoms with Gasteiger partial charge in [-0.2, -0.15) is 0 Å². The van der Waals surface area contributed by atoms with Crippen LogP contribution in [0.15, 0.2) is 29.2 Å². The summed E-state index contributed by atoms with van der Waals surface area (Å²) < 4.78 is 0. The molecule has 1 aromatic rings. The number of hydrogen-bond donors (Lipinski definition) is 1. The van der Waals surface area contributed by atoms with Crippen molar-refractivity contribution in [2.24, 2.45) is 0 Å². The molecule has 0 aliphatic rings. The molecule has 0 saturated heterocycles. The first kappa shape index (κ1) is 12.6. The van der Waals surface area contributed by atoms with Gasteiger partial charge in [-0.3, -0.25) is 0 Å². The fourth-order valence-electron chi connectivity index (χ4n) is 1.26. The van der Waals surface area contributed by atoms with E-state index in [0.717, 1.165) is 17.9 Å². The second-order valence-electron chi connectivity index (χ2n) is 3.81. The summed E-state index contributed by atoms with van der Waals surface area (Å²) in [5.74, 6) is 1.15. The summed E-state index contributed by atoms with van der Waals surface area (Å²) >= 11 is 1.87. The fourth-order valence-corrected chi connectivity index (χ4v) is 2.10. The summed E-state index contributed by atoms with van der Waals surface area (Å²) in [5.41, 5.74) is 0.979. The van der Waals surface area contributed by atoms with Crippen molar-refractivity contribution in [1.82, 2.24) is 4.90 Å². The lowest BCUT2D eigenvalue weighted by Gasteiger charge is -2.08. The summed E-state index contributed by atoms with van der Waals surface area (Å²) in [4.78, 5) is 3.49. The monoisotopic (exact) mass is 225 g/mol. The standard InChI is InChI=1S/C12H19NOS/c1-13(2)8-3-9-15-12-6-4-11(10-14)5-7-12/h4-7,14H,3,8-10H2,1-2H3. The minimum absolute atomic E-state index is 0.131. The van der Waals surface area contributed by atoms with Crippen molar-refractivity contribution in [3.63, 3.8) is 0 Å². The molecule has 15 heavy (non-hydrogen) atoms. The van der Waals surface area contributed by atoms with Crippen molar-refractivity contribution in [3.8, 4) is 0 Å². The molecule has 1 aromatic carbocycles. The maximum absolute atomic E-state index is 8.89. The van der Waals surface area contributed by atoms with Crippen LogP contribution in [0.4, 0.5) is 0 Å². The zero-order valence-electron chi connectivity index (χ0n) is 9.44. The van der Waals surface area contributed by atoms with E-state index in [4.69, 9.17) is 5.11 Å². The molecule has 0 spiro atoms. The highest BCUT2D eigenvalue weighted by atomic mass is 32.2. The predicted octanol–water partition coefficient (Wildman–Crippen LogP) is 2.22. The number of hydrogen-bond acceptors (Lipinski definition) is 3. The van der Waals surface area contributed by atoms with Gasteiger partial charge in [0.1, 0.15) is 0 Å². The largest absolute Gasteiger partial charge is 0.392 e. The van der Waals surface area contributed by atoms with Crippen LogP contribution in [0, 0.1) is 0 Å². The number of benzene rings is 1. The van der Waals surface area contributed by atoms with E-state index in [1.807, 2.05) is 23.9 Å². The van der Waals surface area contributed by atoms with Gasteiger partial charge in [0.2, 0.25) is 0 Å². The van der Waals surface area contributed by atoms with Crippen LogP contribution >= 0.6 is 11.8 Å². The minimum atomic E-state index is 0.131. The Morgan fingerprint density at radius 1 is 1.20 bits per heavy atom. The molecular formula is C12H19NOS. The lowest BCUT2D eigenvalue weighted by Crippen LogP contribution is -2.13. The number of aliphatic hydroxyl groups excluding tert-OH is 1. The second-order valence-corrected chi connectivity index (χ2v) is 4.98. The third kappa shape index (κ3) is 5.21. The van der Waals surface area contributed by atoms with Crippen LogP contribution in [-0.2, 0) is 6.61 Å². The van der Waals surface area contributed by atoms with Crippen molar-refractivity contribution in [3.05, 3.63) is 29.8 Å². The molecule has 0 saturated carbocycles. The van der Waals surface area contributed by atoms with Crippen molar-refractivity contribution < 1.29 is 5.11 Å². The highest BCUT2D eigenvalue weighted by Crippen LogP contribution is 2.19. The van der Waals surface area contributed by atoms with Crippen LogP contribution in [0.2, 0.25) is 0 Å². The first-order valence-corrected chi connectivity index (χ1v) is 6.18. The van der Waals surface area contributed by atoms with E-state index in [1.165, 1.54) is 11.3 Å². The molecule has 84 valence electrons. The van der Waals surface area contributed by atoms with E-state index < -0.39 is 0 Å². The molecule has 2 nitrogen and oxygen atoms in total. The topological polar surface area (TPSA) is 23.5 Å². The first-order chi connectivity index (χ1) is 7.22. The molecule has 0 heterocycles. The minimum Gasteiger partial charge on any atom is -0.392 e. The van der Waals surface area contributed by atoms with E-state index in [0.29, 0.717) is 0 Å². The molecule has 3 heteroatoms. The van der Waals surface area contributed by atoms with Gasteiger partial charge in [0.15, 0.2) is 0 Å². The van der Waals surface area contributed by atoms with Crippen LogP contribution in [0.5, 0.6) is 0 Å². The SMILES string of the molecule is CN(C)CCCSc1ccc(CO)cc1. The quantitative estimate of drug-likeness (QED) is 0.593. The molecule has 0 atom stereocenters. The molecule has 0 unspecified atom stereocenters. The van der Waals surface area contributed by atoms with Gasteiger partial charge in [0, 0.05) is 4.90 Å². The van der Waals surface area contributed by atoms with Crippen molar-refractivity contribution >= 4 is 11.8 Å². The number of aliphatic hydroxyl groups is 1. The summed E-state index contributed by atoms with van der Waals surface area (Å²) in [6.45, 7) is 1.27. The zero-order chi connectivity index (χ0) is 11.1. The number of rotatable bonds is 6. The molecule has 0 radical (unpaired) electrons. The predicted molar refractivity (Wildman–Crippen MR) is 66.3 cm³/mol. The number of nitrogens with zero attached hydrogens (tertiary/aromatic N) is 1. The average molecular weight is 225 g/mol. The van der Waals surface area contributed by atoms with E-state index in [9.17, 15) is 0 Å². The summed E-state index contributed by atoms with van der Waals surface area (Å²) in [6, 6.07) is 8.11. The molecule has 1 N–H and O–H groups in total. The van der Waals surface area contributed by atoms with Gasteiger partial charge in [0.25, 0.3) is 0 Å². The van der Waals surface area contributed by atoms with E-state index >= 15 is 0 Å². The molecule has 0 aliphatic heterocycles. The van der Waals surface area contributed by atoms with Crippen LogP contribution in [0.1, 0.15) is 12.0 Å². The van der Waals surface area contributed by atoms with Crippen molar-refractivity contribution in [2.75, 3.05) is 26.4 Å². The highest BCUT2D eigenvalue weighted by Gasteiger charge is 1.95. The van der Waals surface area contributed by atoms with Crippen molar-refractivity contribution in [2.45, 2.75) is 17.9 Å². The van der Waals surface area contributed by atoms with Crippen LogP contribution in [0.3, 0.4) is 0 Å². The van der Waals surface area contributed by atoms with Gasteiger partial charge >= 0.3 is 0 Å². The van der Waals surface area contributed by atoms with Crippen molar-refractivity contribution in [1.29, 1.82) is 0 Å². The summed E-state index contributed by atoms with van der Waals surface area (Å²) in [5, 5.41) is 8.89. The Hall–Kier alpha value is -0.510. The normalized spacial score (nSPS) is 10.9. The maximum Gasteiger partial charge on any atom is 0.0681 e.